The fraction of sp³-hybridized carbons (Fsp3) is 0.250. The molecule has 3 aromatic carbocycles. The minimum absolute atomic E-state index is 0.0574. The van der Waals surface area contributed by atoms with E-state index in [2.05, 4.69) is 0 Å². The molecule has 0 spiro atoms. The standard InChI is InChI=1S/C28H26F2N2O5/c29-28(30,26(35)32(15-14-25(33)34)16-19-8-2-1-3-9-19)18-31-27(36)37-17-24-22-12-6-4-10-20(22)21-11-5-7-13-23(21)24/h1-13,24H,14-18H2,(H,31,36)(H,33,34). The molecule has 37 heavy (non-hydrogen) atoms. The number of nitrogens with one attached hydrogen (secondary N) is 1. The van der Waals surface area contributed by atoms with Crippen LogP contribution in [0.4, 0.5) is 13.6 Å². The Labute approximate surface area is 212 Å². The summed E-state index contributed by atoms with van der Waals surface area (Å²) < 4.78 is 34.8. The average molecular weight is 509 g/mol. The Balaban J connectivity index is 1.36. The van der Waals surface area contributed by atoms with E-state index in [-0.39, 0.29) is 19.1 Å². The largest absolute Gasteiger partial charge is 0.481 e. The van der Waals surface area contributed by atoms with E-state index in [1.807, 2.05) is 53.8 Å². The Morgan fingerprint density at radius 1 is 0.892 bits per heavy atom. The van der Waals surface area contributed by atoms with Gasteiger partial charge in [-0.1, -0.05) is 78.9 Å². The number of rotatable bonds is 10. The third-order valence-electron chi connectivity index (χ3n) is 6.21. The summed E-state index contributed by atoms with van der Waals surface area (Å²) in [6.45, 7) is -1.92. The first-order valence-corrected chi connectivity index (χ1v) is 11.8. The molecule has 2 N–H and O–H groups in total. The van der Waals surface area contributed by atoms with Crippen molar-refractivity contribution in [1.82, 2.24) is 10.2 Å². The van der Waals surface area contributed by atoms with Crippen molar-refractivity contribution in [3.63, 3.8) is 0 Å². The Hall–Kier alpha value is -4.27. The smallest absolute Gasteiger partial charge is 0.407 e. The monoisotopic (exact) mass is 508 g/mol. The number of ether oxygens (including phenoxy) is 1. The third kappa shape index (κ3) is 6.11. The predicted molar refractivity (Wildman–Crippen MR) is 132 cm³/mol. The first-order chi connectivity index (χ1) is 17.8. The number of carbonyl (C=O) groups excluding carboxylic acids is 2. The van der Waals surface area contributed by atoms with E-state index in [0.717, 1.165) is 27.2 Å². The summed E-state index contributed by atoms with van der Waals surface area (Å²) in [4.78, 5) is 36.7. The van der Waals surface area contributed by atoms with Gasteiger partial charge in [0.25, 0.3) is 5.91 Å². The van der Waals surface area contributed by atoms with E-state index in [1.165, 1.54) is 0 Å². The van der Waals surface area contributed by atoms with Gasteiger partial charge in [0.1, 0.15) is 6.61 Å². The van der Waals surface area contributed by atoms with Crippen molar-refractivity contribution >= 4 is 18.0 Å². The molecule has 4 rings (SSSR count). The Morgan fingerprint density at radius 3 is 2.05 bits per heavy atom. The number of halogens is 2. The van der Waals surface area contributed by atoms with Crippen LogP contribution in [0.2, 0.25) is 0 Å². The van der Waals surface area contributed by atoms with E-state index in [0.29, 0.717) is 5.56 Å². The minimum atomic E-state index is -3.96. The molecule has 0 saturated carbocycles. The van der Waals surface area contributed by atoms with Gasteiger partial charge in [0.2, 0.25) is 0 Å². The summed E-state index contributed by atoms with van der Waals surface area (Å²) in [6.07, 6.45) is -1.57. The number of carbonyl (C=O) groups is 3. The van der Waals surface area contributed by atoms with Gasteiger partial charge in [0, 0.05) is 19.0 Å². The third-order valence-corrected chi connectivity index (χ3v) is 6.21. The summed E-state index contributed by atoms with van der Waals surface area (Å²) in [5.74, 6) is -6.99. The highest BCUT2D eigenvalue weighted by Gasteiger charge is 2.42. The number of fused-ring (bicyclic) bond motifs is 3. The zero-order valence-electron chi connectivity index (χ0n) is 19.9. The molecular weight excluding hydrogens is 482 g/mol. The van der Waals surface area contributed by atoms with Crippen molar-refractivity contribution in [2.24, 2.45) is 0 Å². The van der Waals surface area contributed by atoms with Crippen LogP contribution >= 0.6 is 0 Å². The van der Waals surface area contributed by atoms with Crippen molar-refractivity contribution in [1.29, 1.82) is 0 Å². The lowest BCUT2D eigenvalue weighted by Crippen LogP contribution is -2.50. The fourth-order valence-corrected chi connectivity index (χ4v) is 4.43. The van der Waals surface area contributed by atoms with Crippen LogP contribution in [-0.4, -0.2) is 53.6 Å². The van der Waals surface area contributed by atoms with Gasteiger partial charge in [-0.2, -0.15) is 8.78 Å². The highest BCUT2D eigenvalue weighted by Crippen LogP contribution is 2.44. The van der Waals surface area contributed by atoms with Crippen molar-refractivity contribution in [2.45, 2.75) is 24.8 Å². The summed E-state index contributed by atoms with van der Waals surface area (Å²) in [5.41, 5.74) is 4.59. The van der Waals surface area contributed by atoms with Gasteiger partial charge < -0.3 is 20.1 Å². The normalized spacial score (nSPS) is 12.4. The fourth-order valence-electron chi connectivity index (χ4n) is 4.43. The van der Waals surface area contributed by atoms with Crippen LogP contribution in [0.5, 0.6) is 0 Å². The zero-order valence-corrected chi connectivity index (χ0v) is 19.9. The highest BCUT2D eigenvalue weighted by atomic mass is 19.3. The molecule has 0 unspecified atom stereocenters. The van der Waals surface area contributed by atoms with E-state index in [1.54, 1.807) is 30.3 Å². The molecule has 1 aliphatic rings. The van der Waals surface area contributed by atoms with Crippen molar-refractivity contribution in [3.8, 4) is 11.1 Å². The maximum absolute atomic E-state index is 14.8. The minimum Gasteiger partial charge on any atom is -0.481 e. The highest BCUT2D eigenvalue weighted by molar-refractivity contribution is 5.85. The predicted octanol–water partition coefficient (Wildman–Crippen LogP) is 4.66. The molecule has 9 heteroatoms. The van der Waals surface area contributed by atoms with Gasteiger partial charge in [0.05, 0.1) is 13.0 Å². The van der Waals surface area contributed by atoms with E-state index < -0.39 is 43.4 Å². The Kier molecular flexibility index (Phi) is 7.81. The average Bonchev–Trinajstić information content (AvgIpc) is 3.22. The van der Waals surface area contributed by atoms with Crippen molar-refractivity contribution in [3.05, 3.63) is 95.6 Å². The molecule has 0 atom stereocenters. The molecule has 2 amide bonds. The lowest BCUT2D eigenvalue weighted by Gasteiger charge is -2.27. The number of amides is 2. The van der Waals surface area contributed by atoms with E-state index in [4.69, 9.17) is 9.84 Å². The second-order valence-electron chi connectivity index (χ2n) is 8.74. The number of carboxylic acids is 1. The number of hydrogen-bond acceptors (Lipinski definition) is 4. The number of hydrogen-bond donors (Lipinski definition) is 2. The molecule has 0 saturated heterocycles. The molecule has 0 heterocycles. The molecule has 192 valence electrons. The van der Waals surface area contributed by atoms with Gasteiger partial charge in [-0.15, -0.1) is 0 Å². The number of alkyl carbamates (subject to hydrolysis) is 1. The maximum Gasteiger partial charge on any atom is 0.407 e. The second kappa shape index (κ2) is 11.2. The van der Waals surface area contributed by atoms with Crippen LogP contribution in [-0.2, 0) is 20.9 Å². The van der Waals surface area contributed by atoms with Gasteiger partial charge in [-0.05, 0) is 27.8 Å². The summed E-state index contributed by atoms with van der Waals surface area (Å²) in [6, 6.07) is 23.8. The lowest BCUT2D eigenvalue weighted by molar-refractivity contribution is -0.158. The first kappa shape index (κ1) is 25.8. The van der Waals surface area contributed by atoms with Crippen LogP contribution in [0.25, 0.3) is 11.1 Å². The first-order valence-electron chi connectivity index (χ1n) is 11.8. The van der Waals surface area contributed by atoms with Crippen LogP contribution in [0.3, 0.4) is 0 Å². The lowest BCUT2D eigenvalue weighted by atomic mass is 9.98. The molecule has 0 radical (unpaired) electrons. The zero-order chi connectivity index (χ0) is 26.4. The van der Waals surface area contributed by atoms with Crippen LogP contribution in [0, 0.1) is 0 Å². The molecule has 3 aromatic rings. The van der Waals surface area contributed by atoms with Gasteiger partial charge in [-0.3, -0.25) is 9.59 Å². The van der Waals surface area contributed by atoms with Crippen LogP contribution < -0.4 is 5.32 Å². The van der Waals surface area contributed by atoms with E-state index in [9.17, 15) is 23.2 Å². The molecule has 0 bridgehead atoms. The number of nitrogens with zero attached hydrogens (tertiary/aromatic N) is 1. The molecule has 7 nitrogen and oxygen atoms in total. The molecule has 0 aromatic heterocycles. The Bertz CT molecular complexity index is 1240. The summed E-state index contributed by atoms with van der Waals surface area (Å²) in [5, 5.41) is 10.9. The van der Waals surface area contributed by atoms with Crippen molar-refractivity contribution < 1.29 is 33.0 Å². The maximum atomic E-state index is 14.8. The van der Waals surface area contributed by atoms with E-state index >= 15 is 0 Å². The molecule has 0 aliphatic heterocycles. The number of alkyl halides is 2. The Morgan fingerprint density at radius 2 is 1.46 bits per heavy atom. The molecular formula is C28H26F2N2O5. The summed E-state index contributed by atoms with van der Waals surface area (Å²) in [7, 11) is 0. The molecule has 1 aliphatic carbocycles. The number of aliphatic carboxylic acids is 1. The molecule has 0 fully saturated rings. The topological polar surface area (TPSA) is 95.9 Å². The SMILES string of the molecule is O=C(O)CCN(Cc1ccccc1)C(=O)C(F)(F)CNC(=O)OCC1c2ccccc2-c2ccccc21. The van der Waals surface area contributed by atoms with Gasteiger partial charge in [0.15, 0.2) is 0 Å². The van der Waals surface area contributed by atoms with Crippen molar-refractivity contribution in [2.75, 3.05) is 19.7 Å². The number of benzene rings is 3. The number of carboxylic acid groups (broad SMARTS) is 1. The second-order valence-corrected chi connectivity index (χ2v) is 8.74. The van der Waals surface area contributed by atoms with Gasteiger partial charge in [-0.25, -0.2) is 4.79 Å². The summed E-state index contributed by atoms with van der Waals surface area (Å²) >= 11 is 0. The van der Waals surface area contributed by atoms with Crippen LogP contribution in [0.1, 0.15) is 29.0 Å². The van der Waals surface area contributed by atoms with Crippen LogP contribution in [0.15, 0.2) is 78.9 Å². The van der Waals surface area contributed by atoms with Gasteiger partial charge >= 0.3 is 18.0 Å². The quantitative estimate of drug-likeness (QED) is 0.415.